The van der Waals surface area contributed by atoms with Crippen LogP contribution in [0.25, 0.3) is 0 Å². The fourth-order valence-corrected chi connectivity index (χ4v) is 5.06. The maximum atomic E-state index is 12.2. The third-order valence-corrected chi connectivity index (χ3v) is 6.58. The van der Waals surface area contributed by atoms with Gasteiger partial charge < -0.3 is 4.42 Å². The van der Waals surface area contributed by atoms with E-state index in [9.17, 15) is 9.59 Å². The van der Waals surface area contributed by atoms with Crippen molar-refractivity contribution in [3.8, 4) is 0 Å². The maximum Gasteiger partial charge on any atom is 0.307 e. The van der Waals surface area contributed by atoms with Gasteiger partial charge in [0.15, 0.2) is 11.5 Å². The zero-order chi connectivity index (χ0) is 19.8. The molecule has 2 amide bonds. The molecule has 4 bridgehead atoms. The van der Waals surface area contributed by atoms with Crippen LogP contribution >= 0.6 is 0 Å². The largest absolute Gasteiger partial charge is 0.446 e. The first-order valence-electron chi connectivity index (χ1n) is 10.3. The predicted octanol–water partition coefficient (Wildman–Crippen LogP) is 3.14. The summed E-state index contributed by atoms with van der Waals surface area (Å²) in [5.41, 5.74) is 4.96. The van der Waals surface area contributed by atoms with Crippen LogP contribution in [0.5, 0.6) is 0 Å². The summed E-state index contributed by atoms with van der Waals surface area (Å²) >= 11 is 0. The molecular weight excluding hydrogens is 368 g/mol. The van der Waals surface area contributed by atoms with Crippen LogP contribution in [0.4, 0.5) is 0 Å². The first-order valence-corrected chi connectivity index (χ1v) is 10.3. The van der Waals surface area contributed by atoms with Gasteiger partial charge in [-0.25, -0.2) is 10.9 Å². The fourth-order valence-electron chi connectivity index (χ4n) is 5.06. The van der Waals surface area contributed by atoms with E-state index in [-0.39, 0.29) is 11.5 Å². The molecule has 0 aliphatic heterocycles. The highest BCUT2D eigenvalue weighted by Crippen LogP contribution is 2.43. The van der Waals surface area contributed by atoms with Crippen LogP contribution in [0.15, 0.2) is 51.1 Å². The van der Waals surface area contributed by atoms with Crippen LogP contribution in [-0.4, -0.2) is 24.2 Å². The Morgan fingerprint density at radius 3 is 1.66 bits per heavy atom. The van der Waals surface area contributed by atoms with E-state index in [2.05, 4.69) is 45.4 Å². The predicted molar refractivity (Wildman–Crippen MR) is 108 cm³/mol. The van der Waals surface area contributed by atoms with E-state index in [4.69, 9.17) is 4.42 Å². The Kier molecular flexibility index (Phi) is 4.66. The van der Waals surface area contributed by atoms with E-state index < -0.39 is 11.8 Å². The molecular formula is C22H24N4O3. The quantitative estimate of drug-likeness (QED) is 0.442. The minimum atomic E-state index is -0.476. The van der Waals surface area contributed by atoms with Gasteiger partial charge in [-0.2, -0.15) is 10.2 Å². The lowest BCUT2D eigenvalue weighted by Crippen LogP contribution is -2.20. The molecule has 0 radical (unpaired) electrons. The number of hydrogen-bond donors (Lipinski definition) is 2. The van der Waals surface area contributed by atoms with Crippen molar-refractivity contribution >= 4 is 24.2 Å². The number of hydrogen-bond acceptors (Lipinski definition) is 5. The molecule has 6 atom stereocenters. The fraction of sp³-hybridized carbons (Fsp3) is 0.455. The molecule has 2 fully saturated rings. The molecule has 2 N–H and O–H groups in total. The van der Waals surface area contributed by atoms with Crippen LogP contribution < -0.4 is 10.9 Å². The molecule has 7 heteroatoms. The standard InChI is InChI=1S/C22H24N4O3/c27-21(25-23-11-17-9-13-1-3-15(17)7-13)19-5-6-20(29-19)22(28)26-24-12-18-10-14-2-4-16(18)8-14/h1-6,11-18H,7-10H2,(H,25,27)(H,26,28)/b23-11-,24-12-/t13-,14-,15-,16-,17-,18-/m0/s1. The molecule has 0 spiro atoms. The highest BCUT2D eigenvalue weighted by atomic mass is 16.4. The van der Waals surface area contributed by atoms with Gasteiger partial charge in [0.25, 0.3) is 0 Å². The lowest BCUT2D eigenvalue weighted by molar-refractivity contribution is 0.0902. The first-order chi connectivity index (χ1) is 14.2. The molecule has 1 heterocycles. The Hall–Kier alpha value is -2.96. The van der Waals surface area contributed by atoms with Crippen molar-refractivity contribution in [1.29, 1.82) is 0 Å². The van der Waals surface area contributed by atoms with Crippen molar-refractivity contribution in [2.75, 3.05) is 0 Å². The Balaban J connectivity index is 1.11. The Bertz CT molecular complexity index is 856. The summed E-state index contributed by atoms with van der Waals surface area (Å²) < 4.78 is 5.36. The summed E-state index contributed by atoms with van der Waals surface area (Å²) in [7, 11) is 0. The summed E-state index contributed by atoms with van der Waals surface area (Å²) in [5, 5.41) is 8.13. The number of rotatable bonds is 6. The molecule has 0 saturated heterocycles. The van der Waals surface area contributed by atoms with Gasteiger partial charge in [-0.15, -0.1) is 0 Å². The molecule has 0 aromatic carbocycles. The molecule has 0 unspecified atom stereocenters. The van der Waals surface area contributed by atoms with Gasteiger partial charge in [-0.3, -0.25) is 9.59 Å². The summed E-state index contributed by atoms with van der Waals surface area (Å²) in [5.74, 6) is 2.28. The van der Waals surface area contributed by atoms with Gasteiger partial charge in [0.2, 0.25) is 0 Å². The number of nitrogens with one attached hydrogen (secondary N) is 2. The lowest BCUT2D eigenvalue weighted by atomic mass is 9.95. The zero-order valence-corrected chi connectivity index (χ0v) is 16.0. The molecule has 1 aromatic rings. The minimum Gasteiger partial charge on any atom is -0.446 e. The van der Waals surface area contributed by atoms with Crippen LogP contribution in [0.3, 0.4) is 0 Å². The summed E-state index contributed by atoms with van der Waals surface area (Å²) in [4.78, 5) is 24.4. The number of nitrogens with zero attached hydrogens (tertiary/aromatic N) is 2. The van der Waals surface area contributed by atoms with Crippen molar-refractivity contribution in [2.45, 2.75) is 25.7 Å². The second kappa shape index (κ2) is 7.46. The molecule has 4 aliphatic rings. The highest BCUT2D eigenvalue weighted by molar-refractivity contribution is 5.95. The SMILES string of the molecule is O=C(N/N=C\[C@@H]1C[C@H]2C=C[C@H]1C2)c1ccc(C(=O)N/N=C\[C@@H]2C[C@H]3C=C[C@H]2C3)o1. The van der Waals surface area contributed by atoms with Crippen molar-refractivity contribution in [3.63, 3.8) is 0 Å². The Morgan fingerprint density at radius 1 is 0.793 bits per heavy atom. The average Bonchev–Trinajstić information content (AvgIpc) is 3.54. The van der Waals surface area contributed by atoms with E-state index in [0.717, 1.165) is 12.8 Å². The molecule has 7 nitrogen and oxygen atoms in total. The number of fused-ring (bicyclic) bond motifs is 4. The van der Waals surface area contributed by atoms with Crippen molar-refractivity contribution < 1.29 is 14.0 Å². The van der Waals surface area contributed by atoms with Gasteiger partial charge in [-0.05, 0) is 61.5 Å². The number of hydrazone groups is 2. The second-order valence-electron chi connectivity index (χ2n) is 8.49. The molecule has 4 aliphatic carbocycles. The van der Waals surface area contributed by atoms with E-state index in [1.54, 1.807) is 0 Å². The van der Waals surface area contributed by atoms with Crippen LogP contribution in [0.2, 0.25) is 0 Å². The third-order valence-electron chi connectivity index (χ3n) is 6.58. The molecule has 2 saturated carbocycles. The number of furan rings is 1. The maximum absolute atomic E-state index is 12.2. The highest BCUT2D eigenvalue weighted by Gasteiger charge is 2.35. The molecule has 5 rings (SSSR count). The third kappa shape index (κ3) is 3.69. The van der Waals surface area contributed by atoms with Crippen molar-refractivity contribution in [3.05, 3.63) is 48.0 Å². The van der Waals surface area contributed by atoms with Crippen molar-refractivity contribution in [1.82, 2.24) is 10.9 Å². The number of carbonyl (C=O) groups excluding carboxylic acids is 2. The topological polar surface area (TPSA) is 96.1 Å². The second-order valence-corrected chi connectivity index (χ2v) is 8.49. The lowest BCUT2D eigenvalue weighted by Gasteiger charge is -2.11. The van der Waals surface area contributed by atoms with Crippen molar-refractivity contribution in [2.24, 2.45) is 45.7 Å². The van der Waals surface area contributed by atoms with Crippen LogP contribution in [0, 0.1) is 35.5 Å². The van der Waals surface area contributed by atoms with Gasteiger partial charge in [0, 0.05) is 24.3 Å². The van der Waals surface area contributed by atoms with E-state index in [1.807, 2.05) is 12.4 Å². The normalized spacial score (nSPS) is 34.1. The summed E-state index contributed by atoms with van der Waals surface area (Å²) in [6.07, 6.45) is 17.2. The minimum absolute atomic E-state index is 0.0438. The molecule has 150 valence electrons. The number of allylic oxidation sites excluding steroid dienone is 4. The van der Waals surface area contributed by atoms with Crippen LogP contribution in [-0.2, 0) is 0 Å². The number of amides is 2. The average molecular weight is 392 g/mol. The van der Waals surface area contributed by atoms with Gasteiger partial charge in [-0.1, -0.05) is 24.3 Å². The van der Waals surface area contributed by atoms with E-state index in [0.29, 0.717) is 35.5 Å². The zero-order valence-electron chi connectivity index (χ0n) is 16.0. The van der Waals surface area contributed by atoms with E-state index >= 15 is 0 Å². The van der Waals surface area contributed by atoms with E-state index in [1.165, 1.54) is 25.0 Å². The summed E-state index contributed by atoms with van der Waals surface area (Å²) in [6, 6.07) is 2.93. The first kappa shape index (κ1) is 18.1. The van der Waals surface area contributed by atoms with Gasteiger partial charge in [0.1, 0.15) is 0 Å². The summed E-state index contributed by atoms with van der Waals surface area (Å²) in [6.45, 7) is 0. The smallest absolute Gasteiger partial charge is 0.307 e. The Labute approximate surface area is 169 Å². The Morgan fingerprint density at radius 2 is 1.28 bits per heavy atom. The number of carbonyl (C=O) groups is 2. The van der Waals surface area contributed by atoms with Gasteiger partial charge >= 0.3 is 11.8 Å². The monoisotopic (exact) mass is 392 g/mol. The van der Waals surface area contributed by atoms with Crippen LogP contribution in [0.1, 0.15) is 46.8 Å². The molecule has 29 heavy (non-hydrogen) atoms. The molecule has 1 aromatic heterocycles. The van der Waals surface area contributed by atoms with Gasteiger partial charge in [0.05, 0.1) is 0 Å².